The van der Waals surface area contributed by atoms with E-state index in [1.165, 1.54) is 7.11 Å². The fourth-order valence-electron chi connectivity index (χ4n) is 0.694. The van der Waals surface area contributed by atoms with Crippen molar-refractivity contribution < 1.29 is 14.3 Å². The van der Waals surface area contributed by atoms with Crippen molar-refractivity contribution in [2.45, 2.75) is 6.92 Å². The van der Waals surface area contributed by atoms with Gasteiger partial charge >= 0.3 is 5.97 Å². The Balaban J connectivity index is 2.84. The van der Waals surface area contributed by atoms with Gasteiger partial charge in [0.15, 0.2) is 4.60 Å². The lowest BCUT2D eigenvalue weighted by Gasteiger charge is -1.94. The predicted molar refractivity (Wildman–Crippen MR) is 52.3 cm³/mol. The van der Waals surface area contributed by atoms with Gasteiger partial charge in [0.05, 0.1) is 13.7 Å². The zero-order valence-corrected chi connectivity index (χ0v) is 9.57. The molecule has 0 aliphatic rings. The van der Waals surface area contributed by atoms with Crippen LogP contribution in [-0.4, -0.2) is 24.7 Å². The third-order valence-corrected chi connectivity index (χ3v) is 2.99. The molecule has 0 fully saturated rings. The molecule has 72 valence electrons. The molecule has 0 bridgehead atoms. The molecular formula is C7H8BrNO3S. The number of carbonyl (C=O) groups excluding carboxylic acids is 1. The van der Waals surface area contributed by atoms with E-state index in [0.29, 0.717) is 21.3 Å². The van der Waals surface area contributed by atoms with E-state index in [1.54, 1.807) is 6.92 Å². The second-order valence-electron chi connectivity index (χ2n) is 2.02. The van der Waals surface area contributed by atoms with Gasteiger partial charge in [-0.1, -0.05) is 11.3 Å². The highest BCUT2D eigenvalue weighted by molar-refractivity contribution is 9.10. The number of carbonyl (C=O) groups is 1. The summed E-state index contributed by atoms with van der Waals surface area (Å²) < 4.78 is 10.3. The lowest BCUT2D eigenvalue weighted by molar-refractivity contribution is 0.0526. The van der Waals surface area contributed by atoms with Crippen LogP contribution in [0.5, 0.6) is 5.06 Å². The van der Waals surface area contributed by atoms with Crippen LogP contribution in [-0.2, 0) is 4.74 Å². The number of halogens is 1. The van der Waals surface area contributed by atoms with E-state index < -0.39 is 5.97 Å². The second-order valence-corrected chi connectivity index (χ2v) is 3.73. The van der Waals surface area contributed by atoms with E-state index in [2.05, 4.69) is 20.9 Å². The van der Waals surface area contributed by atoms with E-state index in [4.69, 9.17) is 9.47 Å². The number of rotatable bonds is 3. The first-order chi connectivity index (χ1) is 6.19. The zero-order chi connectivity index (χ0) is 9.84. The Bertz CT molecular complexity index is 313. The minimum atomic E-state index is -0.420. The molecule has 6 heteroatoms. The number of nitrogens with zero attached hydrogens (tertiary/aromatic N) is 1. The molecule has 1 aromatic heterocycles. The van der Waals surface area contributed by atoms with E-state index in [-0.39, 0.29) is 0 Å². The third kappa shape index (κ3) is 2.41. The Labute approximate surface area is 88.0 Å². The van der Waals surface area contributed by atoms with Crippen molar-refractivity contribution in [2.75, 3.05) is 13.7 Å². The van der Waals surface area contributed by atoms with Crippen molar-refractivity contribution in [3.05, 3.63) is 9.61 Å². The maximum Gasteiger partial charge on any atom is 0.367 e. The molecule has 1 heterocycles. The van der Waals surface area contributed by atoms with Crippen molar-refractivity contribution in [2.24, 2.45) is 0 Å². The number of ether oxygens (including phenoxy) is 2. The number of thiazole rings is 1. The minimum Gasteiger partial charge on any atom is -0.485 e. The topological polar surface area (TPSA) is 48.4 Å². The Kier molecular flexibility index (Phi) is 3.68. The molecule has 0 unspecified atom stereocenters. The normalized spacial score (nSPS) is 9.77. The van der Waals surface area contributed by atoms with Crippen molar-refractivity contribution in [1.29, 1.82) is 0 Å². The molecule has 0 aromatic carbocycles. The zero-order valence-electron chi connectivity index (χ0n) is 7.17. The summed E-state index contributed by atoms with van der Waals surface area (Å²) in [5, 5.41) is 0.869. The summed E-state index contributed by atoms with van der Waals surface area (Å²) in [7, 11) is 1.52. The number of esters is 1. The van der Waals surface area contributed by atoms with Gasteiger partial charge in [-0.05, 0) is 22.9 Å². The molecule has 1 rings (SSSR count). The van der Waals surface area contributed by atoms with Crippen molar-refractivity contribution >= 4 is 33.2 Å². The van der Waals surface area contributed by atoms with Crippen molar-refractivity contribution in [3.8, 4) is 5.06 Å². The molecule has 0 aliphatic heterocycles. The van der Waals surface area contributed by atoms with Gasteiger partial charge in [-0.15, -0.1) is 0 Å². The Morgan fingerprint density at radius 2 is 2.38 bits per heavy atom. The maximum atomic E-state index is 11.2. The van der Waals surface area contributed by atoms with E-state index >= 15 is 0 Å². The lowest BCUT2D eigenvalue weighted by atomic mass is 10.7. The van der Waals surface area contributed by atoms with E-state index in [1.807, 2.05) is 0 Å². The van der Waals surface area contributed by atoms with Crippen LogP contribution in [0.15, 0.2) is 4.60 Å². The quantitative estimate of drug-likeness (QED) is 0.786. The first kappa shape index (κ1) is 10.5. The predicted octanol–water partition coefficient (Wildman–Crippen LogP) is 2.09. The molecule has 0 saturated carbocycles. The molecule has 0 radical (unpaired) electrons. The van der Waals surface area contributed by atoms with Crippen LogP contribution in [0.25, 0.3) is 0 Å². The molecule has 0 saturated heterocycles. The Morgan fingerprint density at radius 1 is 1.69 bits per heavy atom. The van der Waals surface area contributed by atoms with Gasteiger partial charge in [-0.25, -0.2) is 9.78 Å². The van der Waals surface area contributed by atoms with Crippen LogP contribution in [0.4, 0.5) is 0 Å². The smallest absolute Gasteiger partial charge is 0.367 e. The van der Waals surface area contributed by atoms with Crippen molar-refractivity contribution in [3.63, 3.8) is 0 Å². The van der Waals surface area contributed by atoms with Crippen LogP contribution in [0.1, 0.15) is 16.7 Å². The average Bonchev–Trinajstić information content (AvgIpc) is 2.47. The highest BCUT2D eigenvalue weighted by Gasteiger charge is 2.16. The SMILES string of the molecule is CCOC(=O)c1nc(Br)c(OC)s1. The largest absolute Gasteiger partial charge is 0.485 e. The summed E-state index contributed by atoms with van der Waals surface area (Å²) in [6, 6.07) is 0. The van der Waals surface area contributed by atoms with E-state index in [9.17, 15) is 4.79 Å². The molecule has 0 N–H and O–H groups in total. The highest BCUT2D eigenvalue weighted by Crippen LogP contribution is 2.31. The summed E-state index contributed by atoms with van der Waals surface area (Å²) in [5.74, 6) is -0.420. The summed E-state index contributed by atoms with van der Waals surface area (Å²) in [4.78, 5) is 15.1. The van der Waals surface area contributed by atoms with Crippen LogP contribution in [0, 0.1) is 0 Å². The molecule has 0 spiro atoms. The number of methoxy groups -OCH3 is 1. The van der Waals surface area contributed by atoms with E-state index in [0.717, 1.165) is 11.3 Å². The van der Waals surface area contributed by atoms with Gasteiger partial charge in [0.25, 0.3) is 0 Å². The monoisotopic (exact) mass is 265 g/mol. The van der Waals surface area contributed by atoms with Crippen molar-refractivity contribution in [1.82, 2.24) is 4.98 Å². The summed E-state index contributed by atoms with van der Waals surface area (Å²) >= 11 is 4.32. The molecule has 0 aliphatic carbocycles. The molecule has 1 aromatic rings. The molecule has 4 nitrogen and oxygen atoms in total. The maximum absolute atomic E-state index is 11.2. The molecule has 0 amide bonds. The highest BCUT2D eigenvalue weighted by atomic mass is 79.9. The van der Waals surface area contributed by atoms with Gasteiger partial charge in [-0.2, -0.15) is 0 Å². The number of hydrogen-bond acceptors (Lipinski definition) is 5. The second kappa shape index (κ2) is 4.57. The summed E-state index contributed by atoms with van der Waals surface area (Å²) in [5.41, 5.74) is 0. The van der Waals surface area contributed by atoms with Gasteiger partial charge in [-0.3, -0.25) is 0 Å². The Morgan fingerprint density at radius 3 is 2.85 bits per heavy atom. The fourth-order valence-corrected chi connectivity index (χ4v) is 2.06. The van der Waals surface area contributed by atoms with Gasteiger partial charge < -0.3 is 9.47 Å². The first-order valence-electron chi connectivity index (χ1n) is 3.56. The lowest BCUT2D eigenvalue weighted by Crippen LogP contribution is -2.03. The first-order valence-corrected chi connectivity index (χ1v) is 5.17. The third-order valence-electron chi connectivity index (χ3n) is 1.19. The fraction of sp³-hybridized carbons (Fsp3) is 0.429. The Hall–Kier alpha value is -0.620. The number of hydrogen-bond donors (Lipinski definition) is 0. The van der Waals surface area contributed by atoms with Gasteiger partial charge in [0.1, 0.15) is 0 Å². The number of aromatic nitrogens is 1. The summed E-state index contributed by atoms with van der Waals surface area (Å²) in [6.07, 6.45) is 0. The molecule has 13 heavy (non-hydrogen) atoms. The van der Waals surface area contributed by atoms with Gasteiger partial charge in [0.2, 0.25) is 10.1 Å². The minimum absolute atomic E-state index is 0.297. The molecular weight excluding hydrogens is 258 g/mol. The van der Waals surface area contributed by atoms with Gasteiger partial charge in [0, 0.05) is 0 Å². The van der Waals surface area contributed by atoms with Crippen LogP contribution in [0.2, 0.25) is 0 Å². The molecule has 0 atom stereocenters. The van der Waals surface area contributed by atoms with Crippen LogP contribution >= 0.6 is 27.3 Å². The van der Waals surface area contributed by atoms with Crippen LogP contribution in [0.3, 0.4) is 0 Å². The standard InChI is InChI=1S/C7H8BrNO3S/c1-3-12-6(10)5-9-4(8)7(11-2)13-5/h3H2,1-2H3. The summed E-state index contributed by atoms with van der Waals surface area (Å²) in [6.45, 7) is 2.09. The van der Waals surface area contributed by atoms with Crippen LogP contribution < -0.4 is 4.74 Å². The average molecular weight is 266 g/mol.